The van der Waals surface area contributed by atoms with Gasteiger partial charge in [0.05, 0.1) is 14.2 Å². The van der Waals surface area contributed by atoms with Crippen molar-refractivity contribution >= 4 is 26.5 Å². The molecule has 3 atom stereocenters. The van der Waals surface area contributed by atoms with Gasteiger partial charge in [-0.2, -0.15) is 0 Å². The predicted octanol–water partition coefficient (Wildman–Crippen LogP) is 7.77. The van der Waals surface area contributed by atoms with E-state index in [2.05, 4.69) is 97.0 Å². The summed E-state index contributed by atoms with van der Waals surface area (Å²) < 4.78 is 11.8. The molecule has 182 valence electrons. The van der Waals surface area contributed by atoms with E-state index in [1.165, 1.54) is 29.9 Å². The van der Waals surface area contributed by atoms with E-state index in [1.807, 2.05) is 14.2 Å². The molecule has 1 aliphatic carbocycles. The van der Waals surface area contributed by atoms with Gasteiger partial charge in [0.15, 0.2) is 0 Å². The van der Waals surface area contributed by atoms with Gasteiger partial charge >= 0.3 is 0 Å². The summed E-state index contributed by atoms with van der Waals surface area (Å²) in [5.74, 6) is 2.75. The van der Waals surface area contributed by atoms with E-state index in [4.69, 9.17) is 9.47 Å². The molecule has 0 saturated heterocycles. The third kappa shape index (κ3) is 5.77. The summed E-state index contributed by atoms with van der Waals surface area (Å²) in [5, 5.41) is 3.38. The summed E-state index contributed by atoms with van der Waals surface area (Å²) in [6, 6.07) is 17.4. The molecule has 2 aromatic rings. The largest absolute Gasteiger partial charge is 0.496 e. The molecule has 3 rings (SSSR count). The van der Waals surface area contributed by atoms with Crippen molar-refractivity contribution in [2.24, 2.45) is 5.92 Å². The van der Waals surface area contributed by atoms with Crippen LogP contribution in [0.2, 0.25) is 0 Å². The predicted molar refractivity (Wildman–Crippen MR) is 149 cm³/mol. The first kappa shape index (κ1) is 26.5. The maximum Gasteiger partial charge on any atom is 0.126 e. The van der Waals surface area contributed by atoms with E-state index in [0.717, 1.165) is 17.4 Å². The number of hydrogen-bond acceptors (Lipinski definition) is 2. The van der Waals surface area contributed by atoms with Crippen molar-refractivity contribution in [2.45, 2.75) is 89.4 Å². The molecule has 1 fully saturated rings. The molecule has 0 aromatic heterocycles. The summed E-state index contributed by atoms with van der Waals surface area (Å²) in [6.07, 6.45) is 3.94. The fourth-order valence-corrected chi connectivity index (χ4v) is 15.3. The van der Waals surface area contributed by atoms with Crippen LogP contribution in [-0.4, -0.2) is 35.8 Å². The van der Waals surface area contributed by atoms with Gasteiger partial charge in [0.1, 0.15) is 11.5 Å². The third-order valence-corrected chi connectivity index (χ3v) is 14.2. The van der Waals surface area contributed by atoms with Crippen molar-refractivity contribution in [3.8, 4) is 11.5 Å². The van der Waals surface area contributed by atoms with Gasteiger partial charge in [-0.1, -0.05) is 99.2 Å². The first-order chi connectivity index (χ1) is 15.5. The van der Waals surface area contributed by atoms with Crippen LogP contribution in [0.5, 0.6) is 11.5 Å². The number of hydrogen-bond donors (Lipinski definition) is 0. The van der Waals surface area contributed by atoms with E-state index in [9.17, 15) is 0 Å². The maximum atomic E-state index is 5.91. The lowest BCUT2D eigenvalue weighted by Gasteiger charge is -2.49. The molecule has 33 heavy (non-hydrogen) atoms. The normalized spacial score (nSPS) is 20.3. The molecule has 0 bridgehead atoms. The van der Waals surface area contributed by atoms with Gasteiger partial charge in [0, 0.05) is 10.6 Å². The number of rotatable bonds is 7. The highest BCUT2D eigenvalue weighted by atomic mass is 31.1. The summed E-state index contributed by atoms with van der Waals surface area (Å²) in [4.78, 5) is 0. The summed E-state index contributed by atoms with van der Waals surface area (Å²) in [6.45, 7) is 17.4. The molecule has 2 nitrogen and oxygen atoms in total. The second-order valence-electron chi connectivity index (χ2n) is 11.3. The molecule has 1 unspecified atom stereocenters. The van der Waals surface area contributed by atoms with Crippen molar-refractivity contribution in [3.05, 3.63) is 48.5 Å². The molecular formula is C29H44O2P2. The SMILES string of the molecule is COc1ccccc1P(c1ccccc1OC)[C@H]1CCC[C@H]1C(C)P(C(C)(C)C)C(C)(C)C. The van der Waals surface area contributed by atoms with E-state index in [-0.39, 0.29) is 7.92 Å². The zero-order valence-electron chi connectivity index (χ0n) is 22.2. The first-order valence-corrected chi connectivity index (χ1v) is 15.2. The minimum Gasteiger partial charge on any atom is -0.496 e. The fourth-order valence-electron chi connectivity index (χ4n) is 6.42. The molecule has 0 heterocycles. The van der Waals surface area contributed by atoms with Crippen LogP contribution in [0.3, 0.4) is 0 Å². The lowest BCUT2D eigenvalue weighted by molar-refractivity contribution is 0.417. The van der Waals surface area contributed by atoms with Crippen molar-refractivity contribution < 1.29 is 9.47 Å². The molecular weight excluding hydrogens is 442 g/mol. The zero-order chi connectivity index (χ0) is 24.4. The standard InChI is InChI=1S/C29H44O2P2/c1-21(33(28(2,3)4)29(5,6)7)22-15-14-20-25(22)32(26-18-12-10-16-23(26)30-8)27-19-13-11-17-24(27)31-9/h10-13,16-19,21-22,25H,14-15,20H2,1-9H3/t21?,22-,25-/m0/s1. The Bertz CT molecular complexity index is 851. The smallest absolute Gasteiger partial charge is 0.126 e. The number of benzene rings is 2. The van der Waals surface area contributed by atoms with Crippen molar-refractivity contribution in [2.75, 3.05) is 14.2 Å². The highest BCUT2D eigenvalue weighted by Gasteiger charge is 2.46. The fraction of sp³-hybridized carbons (Fsp3) is 0.586. The minimum atomic E-state index is -0.613. The topological polar surface area (TPSA) is 18.5 Å². The van der Waals surface area contributed by atoms with Crippen molar-refractivity contribution in [3.63, 3.8) is 0 Å². The second-order valence-corrected chi connectivity index (χ2v) is 17.9. The molecule has 0 spiro atoms. The molecule has 0 amide bonds. The minimum absolute atomic E-state index is 0.179. The number of para-hydroxylation sites is 2. The Balaban J connectivity index is 2.14. The van der Waals surface area contributed by atoms with E-state index < -0.39 is 7.92 Å². The third-order valence-electron chi connectivity index (χ3n) is 7.02. The second kappa shape index (κ2) is 10.7. The summed E-state index contributed by atoms with van der Waals surface area (Å²) >= 11 is 0. The average Bonchev–Trinajstić information content (AvgIpc) is 3.22. The molecule has 4 heteroatoms. The quantitative estimate of drug-likeness (QED) is 0.372. The number of ether oxygens (including phenoxy) is 2. The molecule has 0 N–H and O–H groups in total. The van der Waals surface area contributed by atoms with Crippen LogP contribution >= 0.6 is 15.8 Å². The van der Waals surface area contributed by atoms with E-state index in [0.29, 0.717) is 21.6 Å². The van der Waals surface area contributed by atoms with Gasteiger partial charge in [0.25, 0.3) is 0 Å². The molecule has 1 aliphatic rings. The monoisotopic (exact) mass is 486 g/mol. The van der Waals surface area contributed by atoms with Crippen molar-refractivity contribution in [1.82, 2.24) is 0 Å². The molecule has 0 aliphatic heterocycles. The highest BCUT2D eigenvalue weighted by molar-refractivity contribution is 7.74. The molecule has 2 aromatic carbocycles. The maximum absolute atomic E-state index is 5.91. The van der Waals surface area contributed by atoms with Crippen LogP contribution in [0.4, 0.5) is 0 Å². The van der Waals surface area contributed by atoms with E-state index in [1.54, 1.807) is 0 Å². The Morgan fingerprint density at radius 2 is 1.21 bits per heavy atom. The Kier molecular flexibility index (Phi) is 8.56. The number of methoxy groups -OCH3 is 2. The lowest BCUT2D eigenvalue weighted by atomic mass is 10.0. The van der Waals surface area contributed by atoms with Gasteiger partial charge in [-0.3, -0.25) is 0 Å². The van der Waals surface area contributed by atoms with Gasteiger partial charge in [0.2, 0.25) is 0 Å². The molecule has 1 saturated carbocycles. The van der Waals surface area contributed by atoms with Crippen molar-refractivity contribution in [1.29, 1.82) is 0 Å². The first-order valence-electron chi connectivity index (χ1n) is 12.4. The molecule has 0 radical (unpaired) electrons. The highest BCUT2D eigenvalue weighted by Crippen LogP contribution is 2.67. The van der Waals surface area contributed by atoms with Crippen LogP contribution < -0.4 is 20.1 Å². The van der Waals surface area contributed by atoms with Crippen LogP contribution in [0.1, 0.15) is 67.7 Å². The Labute approximate surface area is 205 Å². The Hall–Kier alpha value is -1.10. The Morgan fingerprint density at radius 1 is 0.758 bits per heavy atom. The van der Waals surface area contributed by atoms with Gasteiger partial charge in [-0.05, 0) is 60.4 Å². The van der Waals surface area contributed by atoms with E-state index >= 15 is 0 Å². The summed E-state index contributed by atoms with van der Waals surface area (Å²) in [5.41, 5.74) is 1.35. The van der Waals surface area contributed by atoms with Crippen LogP contribution in [0, 0.1) is 5.92 Å². The average molecular weight is 487 g/mol. The van der Waals surface area contributed by atoms with Crippen LogP contribution in [0.25, 0.3) is 0 Å². The lowest BCUT2D eigenvalue weighted by Crippen LogP contribution is -2.37. The van der Waals surface area contributed by atoms with Crippen LogP contribution in [-0.2, 0) is 0 Å². The summed E-state index contributed by atoms with van der Waals surface area (Å²) in [7, 11) is 2.82. The van der Waals surface area contributed by atoms with Gasteiger partial charge in [-0.15, -0.1) is 0 Å². The zero-order valence-corrected chi connectivity index (χ0v) is 24.0. The Morgan fingerprint density at radius 3 is 1.64 bits per heavy atom. The van der Waals surface area contributed by atoms with Crippen LogP contribution in [0.15, 0.2) is 48.5 Å². The van der Waals surface area contributed by atoms with Gasteiger partial charge in [-0.25, -0.2) is 0 Å². The van der Waals surface area contributed by atoms with Gasteiger partial charge < -0.3 is 9.47 Å².